The van der Waals surface area contributed by atoms with Gasteiger partial charge in [0.15, 0.2) is 5.65 Å². The van der Waals surface area contributed by atoms with Crippen LogP contribution in [-0.2, 0) is 64.0 Å². The van der Waals surface area contributed by atoms with Crippen LogP contribution in [0.25, 0.3) is 76.3 Å². The van der Waals surface area contributed by atoms with Gasteiger partial charge in [0.1, 0.15) is 18.5 Å². The van der Waals surface area contributed by atoms with Crippen LogP contribution < -0.4 is 10.6 Å². The summed E-state index contributed by atoms with van der Waals surface area (Å²) in [6.07, 6.45) is 13.8. The van der Waals surface area contributed by atoms with Crippen molar-refractivity contribution in [2.45, 2.75) is 269 Å². The Labute approximate surface area is 818 Å². The lowest BCUT2D eigenvalue weighted by atomic mass is 9.85. The Morgan fingerprint density at radius 1 is 0.277 bits per heavy atom. The fourth-order valence-corrected chi connectivity index (χ4v) is 16.1. The standard InChI is InChI=1S/4C13H15N.2C12H14N2.C12H17N.C11H13N3.2C11H16N2/c1-13(2,3)11-8-10-6-4-5-7-12(10)14-9-11;1-13(2,3)11-8-9-14-12-7-5-4-6-10(11)12;1-13(2,3)12-11-7-5-4-6-10(11)8-9-14-12;1-13(2,3)12-9-8-10-6-4-5-7-11(10)14-12;1-12(2,3)11-9-6-4-5-7-10(9)13-8-14-11;1-12(2,3)11-13-8-9-6-4-5-7-10(9)14-11;1-10(2)13-8-7-11-5-3-4-6-12(11)9-13;1-11(2,3)9-8-5-4-6-12-10(8)14-7-13-9;2*1-9(2)13-7-10-5-3-4-6-11(10)12-8-13/h4*4-9H,1-3H3;2*4-8H,1-3H3;3-6,10H,7-9H2,1-2H3;4-7H,1-3H3;2*3-6,9,12H,7-8H2,1-2H3. The Hall–Kier alpha value is -12.7. The lowest BCUT2D eigenvalue weighted by Gasteiger charge is -2.32. The Morgan fingerprint density at radius 2 is 0.723 bits per heavy atom. The number of fused-ring (bicyclic) bond motifs is 10. The van der Waals surface area contributed by atoms with E-state index in [0.29, 0.717) is 18.1 Å². The van der Waals surface area contributed by atoms with Crippen LogP contribution in [0, 0.1) is 0 Å². The first kappa shape index (κ1) is 105. The van der Waals surface area contributed by atoms with Crippen molar-refractivity contribution in [2.24, 2.45) is 0 Å². The Morgan fingerprint density at radius 3 is 1.28 bits per heavy atom. The van der Waals surface area contributed by atoms with E-state index >= 15 is 0 Å². The van der Waals surface area contributed by atoms with Gasteiger partial charge in [0, 0.05) is 157 Å². The average molecular weight is 1830 g/mol. The van der Waals surface area contributed by atoms with Gasteiger partial charge in [-0.25, -0.2) is 34.9 Å². The van der Waals surface area contributed by atoms with Crippen molar-refractivity contribution < 1.29 is 0 Å². The topological polar surface area (TPSA) is 176 Å². The zero-order chi connectivity index (χ0) is 99.1. The molecule has 0 spiro atoms. The first-order valence-electron chi connectivity index (χ1n) is 48.7. The third-order valence-electron chi connectivity index (χ3n) is 24.3. The van der Waals surface area contributed by atoms with E-state index in [4.69, 9.17) is 0 Å². The van der Waals surface area contributed by atoms with Gasteiger partial charge in [-0.3, -0.25) is 34.6 Å². The minimum absolute atomic E-state index is 0.0179. The van der Waals surface area contributed by atoms with Crippen LogP contribution in [0.4, 0.5) is 11.4 Å². The minimum Gasteiger partial charge on any atom is -0.372 e. The molecule has 137 heavy (non-hydrogen) atoms. The highest BCUT2D eigenvalue weighted by Gasteiger charge is 2.26. The number of nitrogens with one attached hydrogen (secondary N) is 2. The van der Waals surface area contributed by atoms with Crippen molar-refractivity contribution in [3.05, 3.63) is 366 Å². The number of aromatic nitrogens is 11. The predicted molar refractivity (Wildman–Crippen MR) is 581 cm³/mol. The lowest BCUT2D eigenvalue weighted by Crippen LogP contribution is -2.38. The molecule has 0 saturated heterocycles. The summed E-state index contributed by atoms with van der Waals surface area (Å²) in [4.78, 5) is 55.5. The predicted octanol–water partition coefficient (Wildman–Crippen LogP) is 29.3. The summed E-state index contributed by atoms with van der Waals surface area (Å²) in [5.41, 5.74) is 22.4. The van der Waals surface area contributed by atoms with E-state index in [-0.39, 0.29) is 37.9 Å². The SMILES string of the molecule is CC(C)(C)c1ccc2ccccc2n1.CC(C)(C)c1ccnc2ccccc12.CC(C)(C)c1cnc2ccccc2c1.CC(C)(C)c1ncc2ccccc2n1.CC(C)(C)c1nccc2ccccc12.CC(C)(C)c1ncnc2ccccc12.CC(C)(C)c1ncnc2ncccc12.CC(C)N1CCc2ccccc2C1.CC(C)N1CNc2ccccc2C1.CC(C)N1CNc2ccccc2C1. The van der Waals surface area contributed by atoms with E-state index in [1.165, 1.54) is 84.8 Å². The van der Waals surface area contributed by atoms with Crippen LogP contribution >= 0.6 is 0 Å². The number of benzene rings is 9. The fourth-order valence-electron chi connectivity index (χ4n) is 16.1. The molecule has 0 fully saturated rings. The van der Waals surface area contributed by atoms with E-state index in [1.807, 2.05) is 110 Å². The molecule has 0 atom stereocenters. The maximum atomic E-state index is 4.65. The summed E-state index contributed by atoms with van der Waals surface area (Å²) in [6, 6.07) is 91.7. The zero-order valence-electron chi connectivity index (χ0n) is 86.8. The minimum atomic E-state index is 0.0179. The Kier molecular flexibility index (Phi) is 35.8. The second kappa shape index (κ2) is 46.9. The number of rotatable bonds is 3. The smallest absolute Gasteiger partial charge is 0.162 e. The molecule has 0 aliphatic carbocycles. The van der Waals surface area contributed by atoms with E-state index in [1.54, 1.807) is 24.4 Å². The number of hydrogen-bond acceptors (Lipinski definition) is 16. The van der Waals surface area contributed by atoms with Gasteiger partial charge in [-0.05, 0) is 176 Å². The second-order valence-corrected chi connectivity index (χ2v) is 43.6. The van der Waals surface area contributed by atoms with Gasteiger partial charge in [0.05, 0.1) is 58.0 Å². The van der Waals surface area contributed by atoms with Gasteiger partial charge < -0.3 is 10.6 Å². The molecule has 2 N–H and O–H groups in total. The molecule has 20 rings (SSSR count). The van der Waals surface area contributed by atoms with Crippen LogP contribution in [0.5, 0.6) is 0 Å². The van der Waals surface area contributed by atoms with E-state index in [9.17, 15) is 0 Å². The fraction of sp³-hybridized carbons (Fsp3) is 0.364. The highest BCUT2D eigenvalue weighted by Crippen LogP contribution is 2.34. The molecule has 0 radical (unpaired) electrons. The summed E-state index contributed by atoms with van der Waals surface area (Å²) >= 11 is 0. The van der Waals surface area contributed by atoms with Gasteiger partial charge in [-0.15, -0.1) is 0 Å². The molecule has 0 unspecified atom stereocenters. The maximum Gasteiger partial charge on any atom is 0.162 e. The second-order valence-electron chi connectivity index (χ2n) is 43.6. The van der Waals surface area contributed by atoms with Crippen molar-refractivity contribution in [1.29, 1.82) is 0 Å². The van der Waals surface area contributed by atoms with Gasteiger partial charge in [-0.1, -0.05) is 327 Å². The molecule has 0 saturated carbocycles. The van der Waals surface area contributed by atoms with Crippen molar-refractivity contribution >= 4 is 87.7 Å². The number of anilines is 2. The van der Waals surface area contributed by atoms with Gasteiger partial charge in [0.2, 0.25) is 0 Å². The normalized spacial score (nSPS) is 13.4. The molecular formula is C121H150N16. The maximum absolute atomic E-state index is 4.65. The summed E-state index contributed by atoms with van der Waals surface area (Å²) in [5, 5.41) is 16.4. The molecule has 11 heterocycles. The third kappa shape index (κ3) is 30.1. The monoisotopic (exact) mass is 1830 g/mol. The van der Waals surface area contributed by atoms with Crippen molar-refractivity contribution in [2.75, 3.05) is 30.5 Å². The van der Waals surface area contributed by atoms with Crippen LogP contribution in [0.2, 0.25) is 0 Å². The first-order valence-corrected chi connectivity index (χ1v) is 48.7. The largest absolute Gasteiger partial charge is 0.372 e. The molecule has 9 aromatic carbocycles. The van der Waals surface area contributed by atoms with Gasteiger partial charge >= 0.3 is 0 Å². The summed E-state index contributed by atoms with van der Waals surface area (Å²) in [6.45, 7) is 65.6. The van der Waals surface area contributed by atoms with Crippen molar-refractivity contribution in [3.8, 4) is 0 Å². The summed E-state index contributed by atoms with van der Waals surface area (Å²) in [5.74, 6) is 0.899. The molecule has 3 aliphatic rings. The number of nitrogens with zero attached hydrogens (tertiary/aromatic N) is 14. The van der Waals surface area contributed by atoms with Gasteiger partial charge in [0.25, 0.3) is 0 Å². The van der Waals surface area contributed by atoms with Gasteiger partial charge in [-0.2, -0.15) is 0 Å². The highest BCUT2D eigenvalue weighted by atomic mass is 15.3. The number of hydrogen-bond donors (Lipinski definition) is 2. The molecule has 8 aromatic heterocycles. The highest BCUT2D eigenvalue weighted by molar-refractivity contribution is 5.86. The number of pyridine rings is 5. The van der Waals surface area contributed by atoms with E-state index in [0.717, 1.165) is 105 Å². The zero-order valence-corrected chi connectivity index (χ0v) is 86.8. The molecule has 0 bridgehead atoms. The van der Waals surface area contributed by atoms with E-state index < -0.39 is 0 Å². The molecule has 0 amide bonds. The average Bonchev–Trinajstić information content (AvgIpc) is 0.806. The number of para-hydroxylation sites is 7. The quantitative estimate of drug-likeness (QED) is 0.171. The third-order valence-corrected chi connectivity index (χ3v) is 24.3. The molecule has 16 heteroatoms. The molecule has 17 aromatic rings. The first-order chi connectivity index (χ1) is 64.9. The Bertz CT molecular complexity index is 5970. The summed E-state index contributed by atoms with van der Waals surface area (Å²) < 4.78 is 0. The Balaban J connectivity index is 0.000000146. The van der Waals surface area contributed by atoms with Crippen LogP contribution in [0.3, 0.4) is 0 Å². The lowest BCUT2D eigenvalue weighted by molar-refractivity contribution is 0.203. The van der Waals surface area contributed by atoms with Crippen LogP contribution in [0.1, 0.15) is 249 Å². The molecule has 714 valence electrons. The van der Waals surface area contributed by atoms with Crippen LogP contribution in [-0.4, -0.2) is 108 Å². The summed E-state index contributed by atoms with van der Waals surface area (Å²) in [7, 11) is 0. The molecule has 16 nitrogen and oxygen atoms in total. The van der Waals surface area contributed by atoms with Crippen LogP contribution in [0.15, 0.2) is 304 Å². The van der Waals surface area contributed by atoms with Crippen molar-refractivity contribution in [3.63, 3.8) is 0 Å². The molecule has 3 aliphatic heterocycles. The molecular weight excluding hydrogens is 1680 g/mol. The van der Waals surface area contributed by atoms with E-state index in [2.05, 4.69) is 443 Å². The van der Waals surface area contributed by atoms with Crippen molar-refractivity contribution in [1.82, 2.24) is 69.5 Å².